The van der Waals surface area contributed by atoms with Gasteiger partial charge in [-0.05, 0) is 12.8 Å². The molecule has 0 amide bonds. The van der Waals surface area contributed by atoms with E-state index >= 15 is 0 Å². The van der Waals surface area contributed by atoms with Crippen molar-refractivity contribution >= 4 is 0 Å². The average molecular weight is 275 g/mol. The van der Waals surface area contributed by atoms with Gasteiger partial charge in [-0.25, -0.2) is 0 Å². The molecule has 1 unspecified atom stereocenters. The molecule has 9 nitrogen and oxygen atoms in total. The molecule has 0 aromatic heterocycles. The van der Waals surface area contributed by atoms with Gasteiger partial charge in [0.25, 0.3) is 5.09 Å². The summed E-state index contributed by atoms with van der Waals surface area (Å²) in [7, 11) is 0. The quantitative estimate of drug-likeness (QED) is 0.229. The molecule has 3 N–H and O–H groups in total. The summed E-state index contributed by atoms with van der Waals surface area (Å²) in [4.78, 5) is 14.6. The van der Waals surface area contributed by atoms with Gasteiger partial charge in [0, 0.05) is 0 Å². The lowest BCUT2D eigenvalue weighted by Gasteiger charge is -2.36. The van der Waals surface area contributed by atoms with Gasteiger partial charge in [-0.3, -0.25) is 4.84 Å². The number of hydrogen-bond donors (Lipinski definition) is 3. The topological polar surface area (TPSA) is 132 Å². The van der Waals surface area contributed by atoms with Crippen molar-refractivity contribution in [2.24, 2.45) is 0 Å². The maximum absolute atomic E-state index is 10.5. The van der Waals surface area contributed by atoms with Crippen molar-refractivity contribution in [3.63, 3.8) is 0 Å². The first-order chi connectivity index (χ1) is 8.84. The summed E-state index contributed by atoms with van der Waals surface area (Å²) in [5, 5.41) is 39.3. The molecular formula is C10H13NO8. The molecule has 2 rings (SSSR count). The second-order valence-electron chi connectivity index (χ2n) is 4.36. The highest BCUT2D eigenvalue weighted by Crippen LogP contribution is 2.41. The maximum Gasteiger partial charge on any atom is 0.310 e. The van der Waals surface area contributed by atoms with Crippen molar-refractivity contribution in [1.82, 2.24) is 0 Å². The van der Waals surface area contributed by atoms with E-state index in [1.807, 2.05) is 0 Å². The third-order valence-corrected chi connectivity index (χ3v) is 3.18. The normalized spacial score (nSPS) is 39.9. The van der Waals surface area contributed by atoms with Gasteiger partial charge in [-0.2, -0.15) is 0 Å². The fourth-order valence-corrected chi connectivity index (χ4v) is 2.29. The molecule has 0 aliphatic carbocycles. The van der Waals surface area contributed by atoms with Crippen LogP contribution in [0.25, 0.3) is 0 Å². The molecule has 106 valence electrons. The van der Waals surface area contributed by atoms with Crippen LogP contribution in [0.15, 0.2) is 0 Å². The lowest BCUT2D eigenvalue weighted by molar-refractivity contribution is -0.796. The lowest BCUT2D eigenvalue weighted by Crippen LogP contribution is -2.63. The minimum Gasteiger partial charge on any atom is -0.388 e. The van der Waals surface area contributed by atoms with Gasteiger partial charge < -0.3 is 24.8 Å². The van der Waals surface area contributed by atoms with Crippen LogP contribution in [0.3, 0.4) is 0 Å². The van der Waals surface area contributed by atoms with Gasteiger partial charge in [-0.15, -0.1) is 16.0 Å². The van der Waals surface area contributed by atoms with Gasteiger partial charge in [0.05, 0.1) is 13.2 Å². The van der Waals surface area contributed by atoms with E-state index in [1.54, 1.807) is 0 Å². The van der Waals surface area contributed by atoms with Crippen LogP contribution < -0.4 is 0 Å². The van der Waals surface area contributed by atoms with Crippen molar-refractivity contribution < 1.29 is 34.7 Å². The van der Waals surface area contributed by atoms with E-state index < -0.39 is 41.4 Å². The van der Waals surface area contributed by atoms with Gasteiger partial charge in [-0.1, -0.05) is 0 Å². The van der Waals surface area contributed by atoms with Crippen LogP contribution >= 0.6 is 0 Å². The van der Waals surface area contributed by atoms with Crippen molar-refractivity contribution in [1.29, 1.82) is 0 Å². The fourth-order valence-electron chi connectivity index (χ4n) is 2.29. The van der Waals surface area contributed by atoms with Gasteiger partial charge in [0.2, 0.25) is 0 Å². The molecule has 2 aliphatic rings. The van der Waals surface area contributed by atoms with Crippen LogP contribution in [0.1, 0.15) is 6.92 Å². The number of aliphatic hydroxyl groups is 3. The van der Waals surface area contributed by atoms with Crippen LogP contribution in [0, 0.1) is 22.0 Å². The van der Waals surface area contributed by atoms with E-state index in [-0.39, 0.29) is 6.61 Å². The largest absolute Gasteiger partial charge is 0.388 e. The molecule has 2 aliphatic heterocycles. The first-order valence-electron chi connectivity index (χ1n) is 5.47. The van der Waals surface area contributed by atoms with E-state index in [4.69, 9.17) is 9.47 Å². The highest BCUT2D eigenvalue weighted by atomic mass is 17.0. The predicted octanol–water partition coefficient (Wildman–Crippen LogP) is -2.20. The molecule has 0 radical (unpaired) electrons. The zero-order valence-corrected chi connectivity index (χ0v) is 9.98. The third kappa shape index (κ3) is 2.03. The Labute approximate surface area is 107 Å². The Morgan fingerprint density at radius 2 is 2.26 bits per heavy atom. The molecule has 19 heavy (non-hydrogen) atoms. The second-order valence-corrected chi connectivity index (χ2v) is 4.36. The number of nitrogens with zero attached hydrogens (tertiary/aromatic N) is 1. The van der Waals surface area contributed by atoms with Crippen molar-refractivity contribution in [2.45, 2.75) is 36.6 Å². The smallest absolute Gasteiger partial charge is 0.310 e. The van der Waals surface area contributed by atoms with E-state index in [2.05, 4.69) is 16.7 Å². The summed E-state index contributed by atoms with van der Waals surface area (Å²) in [6, 6.07) is 0. The molecule has 0 spiro atoms. The van der Waals surface area contributed by atoms with Crippen molar-refractivity contribution in [3.05, 3.63) is 10.1 Å². The molecule has 0 aromatic rings. The minimum atomic E-state index is -2.80. The molecule has 2 fully saturated rings. The Kier molecular flexibility index (Phi) is 3.38. The van der Waals surface area contributed by atoms with Crippen LogP contribution in [-0.2, 0) is 14.3 Å². The van der Waals surface area contributed by atoms with Crippen molar-refractivity contribution in [3.8, 4) is 11.8 Å². The van der Waals surface area contributed by atoms with E-state index in [1.165, 1.54) is 6.92 Å². The summed E-state index contributed by atoms with van der Waals surface area (Å²) in [6.45, 7) is 0.680. The van der Waals surface area contributed by atoms with Gasteiger partial charge in [0.15, 0.2) is 5.60 Å². The average Bonchev–Trinajstić information content (AvgIpc) is 2.82. The van der Waals surface area contributed by atoms with Gasteiger partial charge in [0.1, 0.15) is 18.3 Å². The van der Waals surface area contributed by atoms with E-state index in [0.29, 0.717) is 0 Å². The molecule has 0 aromatic carbocycles. The Bertz CT molecular complexity index is 445. The number of aliphatic hydroxyl groups excluding tert-OH is 1. The van der Waals surface area contributed by atoms with Crippen molar-refractivity contribution in [2.75, 3.05) is 13.2 Å². The Balaban J connectivity index is 2.35. The number of fused-ring (bicyclic) bond motifs is 1. The molecule has 0 saturated carbocycles. The first-order valence-corrected chi connectivity index (χ1v) is 5.47. The summed E-state index contributed by atoms with van der Waals surface area (Å²) in [6.07, 6.45) is -3.06. The number of rotatable bonds is 3. The monoisotopic (exact) mass is 275 g/mol. The fraction of sp³-hybridized carbons (Fsp3) is 0.800. The summed E-state index contributed by atoms with van der Waals surface area (Å²) < 4.78 is 10.2. The molecule has 0 bridgehead atoms. The Hall–Kier alpha value is -1.44. The SMILES string of the molecule is CC#CC(O)(O[N+](=O)[O-])[C@]1(O)CO[C@@H]2[C@@H](O)CO[C@@H]21. The van der Waals surface area contributed by atoms with E-state index in [9.17, 15) is 25.4 Å². The van der Waals surface area contributed by atoms with Crippen LogP contribution in [0.5, 0.6) is 0 Å². The molecule has 2 heterocycles. The third-order valence-electron chi connectivity index (χ3n) is 3.18. The number of hydrogen-bond acceptors (Lipinski definition) is 8. The van der Waals surface area contributed by atoms with Gasteiger partial charge >= 0.3 is 5.79 Å². The second kappa shape index (κ2) is 4.59. The maximum atomic E-state index is 10.5. The van der Waals surface area contributed by atoms with Crippen LogP contribution in [0.2, 0.25) is 0 Å². The van der Waals surface area contributed by atoms with Crippen LogP contribution in [0.4, 0.5) is 0 Å². The molecular weight excluding hydrogens is 262 g/mol. The summed E-state index contributed by atoms with van der Waals surface area (Å²) >= 11 is 0. The summed E-state index contributed by atoms with van der Waals surface area (Å²) in [5.41, 5.74) is -2.27. The Morgan fingerprint density at radius 3 is 2.84 bits per heavy atom. The van der Waals surface area contributed by atoms with E-state index in [0.717, 1.165) is 0 Å². The highest BCUT2D eigenvalue weighted by molar-refractivity contribution is 5.22. The predicted molar refractivity (Wildman–Crippen MR) is 56.9 cm³/mol. The molecule has 5 atom stereocenters. The minimum absolute atomic E-state index is 0.119. The lowest BCUT2D eigenvalue weighted by atomic mass is 9.87. The molecule has 2 saturated heterocycles. The summed E-state index contributed by atoms with van der Waals surface area (Å²) in [5.74, 6) is 1.50. The first kappa shape index (κ1) is 14.0. The highest BCUT2D eigenvalue weighted by Gasteiger charge is 2.67. The zero-order chi connectivity index (χ0) is 14.3. The number of ether oxygens (including phenoxy) is 2. The molecule has 9 heteroatoms. The standard InChI is InChI=1S/C10H13NO8/c1-2-3-10(14,19-11(15)16)9(13)5-18-7-6(12)4-17-8(7)9/h6-8,12-14H,4-5H2,1H3/t6-,7+,8-,9-,10?/m0/s1. The zero-order valence-electron chi connectivity index (χ0n) is 9.98. The Morgan fingerprint density at radius 1 is 1.58 bits per heavy atom. The van der Waals surface area contributed by atoms with Crippen LogP contribution in [-0.4, -0.2) is 63.3 Å².